The van der Waals surface area contributed by atoms with Crippen molar-refractivity contribution in [1.82, 2.24) is 14.8 Å². The Balaban J connectivity index is 2.31. The first-order valence-electron chi connectivity index (χ1n) is 7.20. The Morgan fingerprint density at radius 2 is 2.05 bits per heavy atom. The molecule has 2 aromatic rings. The molecule has 0 saturated heterocycles. The SMILES string of the molecule is CCCOc1cccc(-c2nnc(NCC)n2CC)c1. The van der Waals surface area contributed by atoms with E-state index in [-0.39, 0.29) is 0 Å². The lowest BCUT2D eigenvalue weighted by molar-refractivity contribution is 0.317. The molecule has 0 saturated carbocycles. The zero-order valence-corrected chi connectivity index (χ0v) is 12.4. The van der Waals surface area contributed by atoms with E-state index < -0.39 is 0 Å². The summed E-state index contributed by atoms with van der Waals surface area (Å²) in [7, 11) is 0. The van der Waals surface area contributed by atoms with Gasteiger partial charge in [-0.05, 0) is 32.4 Å². The van der Waals surface area contributed by atoms with Gasteiger partial charge >= 0.3 is 0 Å². The topological polar surface area (TPSA) is 52.0 Å². The van der Waals surface area contributed by atoms with Crippen molar-refractivity contribution < 1.29 is 4.74 Å². The van der Waals surface area contributed by atoms with Crippen LogP contribution in [0.2, 0.25) is 0 Å². The van der Waals surface area contributed by atoms with E-state index in [1.54, 1.807) is 0 Å². The highest BCUT2D eigenvalue weighted by Gasteiger charge is 2.12. The second-order valence-corrected chi connectivity index (χ2v) is 4.50. The predicted octanol–water partition coefficient (Wildman–Crippen LogP) is 3.19. The molecule has 0 spiro atoms. The van der Waals surface area contributed by atoms with Gasteiger partial charge in [-0.25, -0.2) is 0 Å². The van der Waals surface area contributed by atoms with Crippen LogP contribution in [-0.2, 0) is 6.54 Å². The van der Waals surface area contributed by atoms with Crippen molar-refractivity contribution in [1.29, 1.82) is 0 Å². The second kappa shape index (κ2) is 6.93. The maximum absolute atomic E-state index is 5.67. The fourth-order valence-electron chi connectivity index (χ4n) is 2.05. The van der Waals surface area contributed by atoms with E-state index in [0.717, 1.165) is 49.2 Å². The predicted molar refractivity (Wildman–Crippen MR) is 81.1 cm³/mol. The number of benzene rings is 1. The Morgan fingerprint density at radius 1 is 1.20 bits per heavy atom. The van der Waals surface area contributed by atoms with E-state index in [2.05, 4.69) is 33.9 Å². The van der Waals surface area contributed by atoms with Crippen LogP contribution in [0.3, 0.4) is 0 Å². The van der Waals surface area contributed by atoms with Gasteiger partial charge in [0.15, 0.2) is 5.82 Å². The molecular formula is C15H22N4O. The number of anilines is 1. The first-order chi connectivity index (χ1) is 9.80. The van der Waals surface area contributed by atoms with Gasteiger partial charge in [0, 0.05) is 18.7 Å². The van der Waals surface area contributed by atoms with Crippen molar-refractivity contribution in [3.8, 4) is 17.1 Å². The molecule has 0 bridgehead atoms. The number of ether oxygens (including phenoxy) is 1. The highest BCUT2D eigenvalue weighted by Crippen LogP contribution is 2.24. The third kappa shape index (κ3) is 3.10. The maximum Gasteiger partial charge on any atom is 0.224 e. The van der Waals surface area contributed by atoms with Crippen LogP contribution in [-0.4, -0.2) is 27.9 Å². The lowest BCUT2D eigenvalue weighted by Gasteiger charge is -2.09. The summed E-state index contributed by atoms with van der Waals surface area (Å²) in [5, 5.41) is 11.7. The average Bonchev–Trinajstić information content (AvgIpc) is 2.88. The van der Waals surface area contributed by atoms with Gasteiger partial charge in [-0.2, -0.15) is 0 Å². The monoisotopic (exact) mass is 274 g/mol. The van der Waals surface area contributed by atoms with Crippen molar-refractivity contribution >= 4 is 5.95 Å². The molecule has 0 aliphatic heterocycles. The lowest BCUT2D eigenvalue weighted by Crippen LogP contribution is -2.06. The van der Waals surface area contributed by atoms with Gasteiger partial charge in [0.05, 0.1) is 6.61 Å². The van der Waals surface area contributed by atoms with E-state index in [1.165, 1.54) is 0 Å². The number of hydrogen-bond donors (Lipinski definition) is 1. The third-order valence-electron chi connectivity index (χ3n) is 2.97. The summed E-state index contributed by atoms with van der Waals surface area (Å²) in [4.78, 5) is 0. The smallest absolute Gasteiger partial charge is 0.224 e. The molecule has 2 rings (SSSR count). The molecule has 20 heavy (non-hydrogen) atoms. The van der Waals surface area contributed by atoms with Crippen molar-refractivity contribution in [3.63, 3.8) is 0 Å². The molecule has 0 unspecified atom stereocenters. The Bertz CT molecular complexity index is 551. The quantitative estimate of drug-likeness (QED) is 0.842. The van der Waals surface area contributed by atoms with E-state index in [0.29, 0.717) is 0 Å². The normalized spacial score (nSPS) is 10.6. The summed E-state index contributed by atoms with van der Waals surface area (Å²) < 4.78 is 7.74. The summed E-state index contributed by atoms with van der Waals surface area (Å²) in [6.45, 7) is 8.62. The van der Waals surface area contributed by atoms with E-state index >= 15 is 0 Å². The molecule has 1 aromatic heterocycles. The molecule has 0 fully saturated rings. The van der Waals surface area contributed by atoms with Crippen LogP contribution >= 0.6 is 0 Å². The Kier molecular flexibility index (Phi) is 4.98. The summed E-state index contributed by atoms with van der Waals surface area (Å²) >= 11 is 0. The lowest BCUT2D eigenvalue weighted by atomic mass is 10.2. The first kappa shape index (κ1) is 14.4. The zero-order chi connectivity index (χ0) is 14.4. The Hall–Kier alpha value is -2.04. The molecule has 1 heterocycles. The summed E-state index contributed by atoms with van der Waals surface area (Å²) in [6, 6.07) is 8.01. The van der Waals surface area contributed by atoms with Crippen LogP contribution in [0, 0.1) is 0 Å². The van der Waals surface area contributed by atoms with Crippen LogP contribution in [0.25, 0.3) is 11.4 Å². The number of aromatic nitrogens is 3. The Morgan fingerprint density at radius 3 is 2.75 bits per heavy atom. The molecule has 1 N–H and O–H groups in total. The van der Waals surface area contributed by atoms with E-state index in [9.17, 15) is 0 Å². The van der Waals surface area contributed by atoms with Crippen molar-refractivity contribution in [2.75, 3.05) is 18.5 Å². The van der Waals surface area contributed by atoms with Crippen molar-refractivity contribution in [3.05, 3.63) is 24.3 Å². The van der Waals surface area contributed by atoms with Gasteiger partial charge in [0.25, 0.3) is 0 Å². The fraction of sp³-hybridized carbons (Fsp3) is 0.467. The highest BCUT2D eigenvalue weighted by molar-refractivity contribution is 5.59. The molecule has 108 valence electrons. The van der Waals surface area contributed by atoms with Crippen LogP contribution in [0.1, 0.15) is 27.2 Å². The molecule has 0 radical (unpaired) electrons. The second-order valence-electron chi connectivity index (χ2n) is 4.50. The van der Waals surface area contributed by atoms with Gasteiger partial charge in [-0.1, -0.05) is 19.1 Å². The molecule has 5 nitrogen and oxygen atoms in total. The van der Waals surface area contributed by atoms with Gasteiger partial charge in [0.2, 0.25) is 5.95 Å². The highest BCUT2D eigenvalue weighted by atomic mass is 16.5. The maximum atomic E-state index is 5.67. The molecule has 0 atom stereocenters. The van der Waals surface area contributed by atoms with Gasteiger partial charge in [0.1, 0.15) is 5.75 Å². The van der Waals surface area contributed by atoms with Crippen LogP contribution < -0.4 is 10.1 Å². The summed E-state index contributed by atoms with van der Waals surface area (Å²) in [6.07, 6.45) is 1.000. The number of hydrogen-bond acceptors (Lipinski definition) is 4. The molecule has 0 amide bonds. The van der Waals surface area contributed by atoms with Crippen LogP contribution in [0.15, 0.2) is 24.3 Å². The molecular weight excluding hydrogens is 252 g/mol. The molecule has 5 heteroatoms. The molecule has 0 aliphatic rings. The van der Waals surface area contributed by atoms with Gasteiger partial charge in [-0.3, -0.25) is 4.57 Å². The summed E-state index contributed by atoms with van der Waals surface area (Å²) in [5.41, 5.74) is 1.03. The third-order valence-corrected chi connectivity index (χ3v) is 2.97. The van der Waals surface area contributed by atoms with Crippen molar-refractivity contribution in [2.24, 2.45) is 0 Å². The number of nitrogens with one attached hydrogen (secondary N) is 1. The first-order valence-corrected chi connectivity index (χ1v) is 7.20. The minimum Gasteiger partial charge on any atom is -0.494 e. The fourth-order valence-corrected chi connectivity index (χ4v) is 2.05. The minimum atomic E-state index is 0.729. The molecule has 1 aromatic carbocycles. The number of nitrogens with zero attached hydrogens (tertiary/aromatic N) is 3. The Labute approximate surface area is 120 Å². The largest absolute Gasteiger partial charge is 0.494 e. The van der Waals surface area contributed by atoms with Gasteiger partial charge in [-0.15, -0.1) is 10.2 Å². The minimum absolute atomic E-state index is 0.729. The number of rotatable bonds is 7. The van der Waals surface area contributed by atoms with E-state index in [4.69, 9.17) is 4.74 Å². The summed E-state index contributed by atoms with van der Waals surface area (Å²) in [5.74, 6) is 2.55. The van der Waals surface area contributed by atoms with Gasteiger partial charge < -0.3 is 10.1 Å². The van der Waals surface area contributed by atoms with E-state index in [1.807, 2.05) is 31.2 Å². The zero-order valence-electron chi connectivity index (χ0n) is 12.4. The van der Waals surface area contributed by atoms with Crippen LogP contribution in [0.4, 0.5) is 5.95 Å². The van der Waals surface area contributed by atoms with Crippen LogP contribution in [0.5, 0.6) is 5.75 Å². The van der Waals surface area contributed by atoms with Crippen molar-refractivity contribution in [2.45, 2.75) is 33.7 Å². The average molecular weight is 274 g/mol. The molecule has 0 aliphatic carbocycles. The standard InChI is InChI=1S/C15H22N4O/c1-4-10-20-13-9-7-8-12(11-13)14-17-18-15(16-5-2)19(14)6-3/h7-9,11H,4-6,10H2,1-3H3,(H,16,18).